The van der Waals surface area contributed by atoms with E-state index in [0.717, 1.165) is 29.2 Å². The number of hydrogen-bond acceptors (Lipinski definition) is 3. The molecule has 100 valence electrons. The van der Waals surface area contributed by atoms with E-state index in [-0.39, 0.29) is 12.6 Å². The Labute approximate surface area is 114 Å². The van der Waals surface area contributed by atoms with Crippen LogP contribution >= 0.6 is 11.6 Å². The fraction of sp³-hybridized carbons (Fsp3) is 0.571. The third-order valence-corrected chi connectivity index (χ3v) is 3.89. The van der Waals surface area contributed by atoms with Crippen molar-refractivity contribution < 1.29 is 5.11 Å². The summed E-state index contributed by atoms with van der Waals surface area (Å²) in [4.78, 5) is 2.30. The molecule has 1 heterocycles. The van der Waals surface area contributed by atoms with Crippen molar-refractivity contribution in [3.05, 3.63) is 28.8 Å². The topological polar surface area (TPSA) is 49.5 Å². The van der Waals surface area contributed by atoms with Gasteiger partial charge in [-0.3, -0.25) is 0 Å². The highest BCUT2D eigenvalue weighted by Crippen LogP contribution is 2.29. The molecule has 1 fully saturated rings. The first kappa shape index (κ1) is 13.7. The van der Waals surface area contributed by atoms with Crippen molar-refractivity contribution in [2.24, 2.45) is 5.73 Å². The van der Waals surface area contributed by atoms with Crippen molar-refractivity contribution in [1.82, 2.24) is 0 Å². The Hall–Kier alpha value is -0.770. The Kier molecular flexibility index (Phi) is 4.87. The normalized spacial score (nSPS) is 20.8. The van der Waals surface area contributed by atoms with Gasteiger partial charge in [0.2, 0.25) is 0 Å². The van der Waals surface area contributed by atoms with Gasteiger partial charge in [-0.25, -0.2) is 0 Å². The van der Waals surface area contributed by atoms with E-state index < -0.39 is 0 Å². The molecule has 1 aliphatic rings. The monoisotopic (exact) mass is 268 g/mol. The summed E-state index contributed by atoms with van der Waals surface area (Å²) in [6.45, 7) is 1.66. The lowest BCUT2D eigenvalue weighted by Crippen LogP contribution is -2.38. The fourth-order valence-electron chi connectivity index (χ4n) is 2.68. The molecule has 0 bridgehead atoms. The predicted molar refractivity (Wildman–Crippen MR) is 76.0 cm³/mol. The molecule has 2 rings (SSSR count). The van der Waals surface area contributed by atoms with Gasteiger partial charge in [0, 0.05) is 23.8 Å². The molecule has 4 heteroatoms. The van der Waals surface area contributed by atoms with Crippen LogP contribution < -0.4 is 10.6 Å². The highest BCUT2D eigenvalue weighted by molar-refractivity contribution is 6.30. The van der Waals surface area contributed by atoms with Crippen molar-refractivity contribution in [3.8, 4) is 0 Å². The van der Waals surface area contributed by atoms with Crippen molar-refractivity contribution in [2.75, 3.05) is 18.1 Å². The number of nitrogens with zero attached hydrogens (tertiary/aromatic N) is 1. The first-order chi connectivity index (χ1) is 8.76. The van der Waals surface area contributed by atoms with Crippen LogP contribution in [-0.4, -0.2) is 24.3 Å². The van der Waals surface area contributed by atoms with Crippen LogP contribution in [0.25, 0.3) is 0 Å². The lowest BCUT2D eigenvalue weighted by molar-refractivity contribution is 0.255. The summed E-state index contributed by atoms with van der Waals surface area (Å²) in [6.07, 6.45) is 4.64. The molecule has 0 aromatic heterocycles. The zero-order chi connectivity index (χ0) is 13.0. The van der Waals surface area contributed by atoms with Crippen LogP contribution in [0.15, 0.2) is 18.2 Å². The van der Waals surface area contributed by atoms with E-state index in [0.29, 0.717) is 6.54 Å². The SMILES string of the molecule is NCc1cc(Cl)ccc1N1CCCCCC1CO. The highest BCUT2D eigenvalue weighted by Gasteiger charge is 2.22. The lowest BCUT2D eigenvalue weighted by atomic mass is 10.1. The molecule has 0 radical (unpaired) electrons. The van der Waals surface area contributed by atoms with Crippen LogP contribution in [0.1, 0.15) is 31.2 Å². The minimum atomic E-state index is 0.201. The molecule has 1 aliphatic heterocycles. The van der Waals surface area contributed by atoms with E-state index in [1.165, 1.54) is 19.3 Å². The van der Waals surface area contributed by atoms with Crippen LogP contribution in [0.4, 0.5) is 5.69 Å². The summed E-state index contributed by atoms with van der Waals surface area (Å²) in [5.74, 6) is 0. The molecule has 3 N–H and O–H groups in total. The molecule has 1 unspecified atom stereocenters. The number of nitrogens with two attached hydrogens (primary N) is 1. The van der Waals surface area contributed by atoms with E-state index in [1.54, 1.807) is 0 Å². The molecule has 1 aromatic rings. The summed E-state index contributed by atoms with van der Waals surface area (Å²) in [5.41, 5.74) is 7.99. The third kappa shape index (κ3) is 2.97. The Bertz CT molecular complexity index is 397. The summed E-state index contributed by atoms with van der Waals surface area (Å²) < 4.78 is 0. The quantitative estimate of drug-likeness (QED) is 0.886. The molecule has 0 saturated carbocycles. The molecule has 18 heavy (non-hydrogen) atoms. The minimum Gasteiger partial charge on any atom is -0.394 e. The third-order valence-electron chi connectivity index (χ3n) is 3.66. The van der Waals surface area contributed by atoms with Gasteiger partial charge in [0.1, 0.15) is 0 Å². The van der Waals surface area contributed by atoms with Crippen molar-refractivity contribution in [1.29, 1.82) is 0 Å². The van der Waals surface area contributed by atoms with Gasteiger partial charge in [-0.05, 0) is 36.6 Å². The van der Waals surface area contributed by atoms with E-state index in [9.17, 15) is 5.11 Å². The minimum absolute atomic E-state index is 0.201. The number of benzene rings is 1. The second-order valence-corrected chi connectivity index (χ2v) is 5.29. The number of anilines is 1. The Morgan fingerprint density at radius 1 is 1.33 bits per heavy atom. The van der Waals surface area contributed by atoms with Gasteiger partial charge in [-0.15, -0.1) is 0 Å². The van der Waals surface area contributed by atoms with Gasteiger partial charge in [0.15, 0.2) is 0 Å². The second-order valence-electron chi connectivity index (χ2n) is 4.86. The zero-order valence-electron chi connectivity index (χ0n) is 10.6. The van der Waals surface area contributed by atoms with E-state index in [4.69, 9.17) is 17.3 Å². The smallest absolute Gasteiger partial charge is 0.0635 e. The molecular formula is C14H21ClN2O. The lowest BCUT2D eigenvalue weighted by Gasteiger charge is -2.32. The van der Waals surface area contributed by atoms with Gasteiger partial charge in [0.05, 0.1) is 12.6 Å². The highest BCUT2D eigenvalue weighted by atomic mass is 35.5. The first-order valence-electron chi connectivity index (χ1n) is 6.62. The molecule has 0 amide bonds. The largest absolute Gasteiger partial charge is 0.394 e. The van der Waals surface area contributed by atoms with Gasteiger partial charge >= 0.3 is 0 Å². The fourth-order valence-corrected chi connectivity index (χ4v) is 2.88. The standard InChI is InChI=1S/C14H21ClN2O/c15-12-5-6-14(11(8-12)9-16)17-7-3-1-2-4-13(17)10-18/h5-6,8,13,18H,1-4,7,9-10,16H2. The van der Waals surface area contributed by atoms with E-state index in [1.807, 2.05) is 18.2 Å². The predicted octanol–water partition coefficient (Wildman–Crippen LogP) is 2.54. The number of aliphatic hydroxyl groups is 1. The number of hydrogen-bond donors (Lipinski definition) is 2. The van der Waals surface area contributed by atoms with Crippen LogP contribution in [-0.2, 0) is 6.54 Å². The maximum absolute atomic E-state index is 9.57. The van der Waals surface area contributed by atoms with Gasteiger partial charge < -0.3 is 15.7 Å². The van der Waals surface area contributed by atoms with Crippen LogP contribution in [0.2, 0.25) is 5.02 Å². The molecular weight excluding hydrogens is 248 g/mol. The molecule has 3 nitrogen and oxygen atoms in total. The van der Waals surface area contributed by atoms with E-state index in [2.05, 4.69) is 4.90 Å². The first-order valence-corrected chi connectivity index (χ1v) is 7.00. The van der Waals surface area contributed by atoms with Gasteiger partial charge in [-0.2, -0.15) is 0 Å². The van der Waals surface area contributed by atoms with Crippen molar-refractivity contribution in [3.63, 3.8) is 0 Å². The van der Waals surface area contributed by atoms with Crippen LogP contribution in [0.5, 0.6) is 0 Å². The summed E-state index contributed by atoms with van der Waals surface area (Å²) in [7, 11) is 0. The summed E-state index contributed by atoms with van der Waals surface area (Å²) in [5, 5.41) is 10.3. The Balaban J connectivity index is 2.32. The molecule has 0 aliphatic carbocycles. The number of halogens is 1. The van der Waals surface area contributed by atoms with Gasteiger partial charge in [-0.1, -0.05) is 24.4 Å². The second kappa shape index (κ2) is 6.41. The summed E-state index contributed by atoms with van der Waals surface area (Å²) in [6, 6.07) is 6.06. The molecule has 1 aromatic carbocycles. The zero-order valence-corrected chi connectivity index (χ0v) is 11.4. The molecule has 1 saturated heterocycles. The number of rotatable bonds is 3. The maximum atomic E-state index is 9.57. The summed E-state index contributed by atoms with van der Waals surface area (Å²) >= 11 is 6.01. The number of aliphatic hydroxyl groups excluding tert-OH is 1. The van der Waals surface area contributed by atoms with Crippen molar-refractivity contribution in [2.45, 2.75) is 38.3 Å². The van der Waals surface area contributed by atoms with Crippen molar-refractivity contribution >= 4 is 17.3 Å². The molecule has 1 atom stereocenters. The van der Waals surface area contributed by atoms with Gasteiger partial charge in [0.25, 0.3) is 0 Å². The molecule has 0 spiro atoms. The Morgan fingerprint density at radius 2 is 2.17 bits per heavy atom. The van der Waals surface area contributed by atoms with Crippen LogP contribution in [0, 0.1) is 0 Å². The van der Waals surface area contributed by atoms with E-state index >= 15 is 0 Å². The van der Waals surface area contributed by atoms with Crippen LogP contribution in [0.3, 0.4) is 0 Å². The maximum Gasteiger partial charge on any atom is 0.0635 e. The average Bonchev–Trinajstić information content (AvgIpc) is 2.63. The Morgan fingerprint density at radius 3 is 2.89 bits per heavy atom. The average molecular weight is 269 g/mol.